The van der Waals surface area contributed by atoms with E-state index in [2.05, 4.69) is 12.1 Å². The van der Waals surface area contributed by atoms with Crippen molar-refractivity contribution in [3.05, 3.63) is 118 Å². The number of carbonyl (C=O) groups is 1. The van der Waals surface area contributed by atoms with Crippen LogP contribution < -0.4 is 4.74 Å². The van der Waals surface area contributed by atoms with Gasteiger partial charge in [0.05, 0.1) is 11.0 Å². The average Bonchev–Trinajstić information content (AvgIpc) is 2.86. The Morgan fingerprint density at radius 1 is 0.909 bits per heavy atom. The van der Waals surface area contributed by atoms with Gasteiger partial charge in [0.2, 0.25) is 0 Å². The molecule has 0 aliphatic carbocycles. The lowest BCUT2D eigenvalue weighted by Gasteiger charge is -2.37. The Morgan fingerprint density at radius 2 is 1.61 bits per heavy atom. The van der Waals surface area contributed by atoms with E-state index in [0.717, 1.165) is 16.3 Å². The summed E-state index contributed by atoms with van der Waals surface area (Å²) in [5.41, 5.74) is 3.03. The standard InChI is InChI=1S/C27H22N2O4/c30-27(26-11-5-9-19-6-3-4-10-25(19)26)28-17-21-8-2-1-7-20(21)16-23(28)18-33-24-14-12-22(13-15-24)29(31)32/h1-15,23H,16-18H2. The topological polar surface area (TPSA) is 72.7 Å². The fourth-order valence-corrected chi connectivity index (χ4v) is 4.40. The van der Waals surface area contributed by atoms with Gasteiger partial charge in [-0.3, -0.25) is 14.9 Å². The van der Waals surface area contributed by atoms with Crippen LogP contribution in [-0.2, 0) is 13.0 Å². The van der Waals surface area contributed by atoms with Crippen LogP contribution >= 0.6 is 0 Å². The largest absolute Gasteiger partial charge is 0.491 e. The average molecular weight is 438 g/mol. The van der Waals surface area contributed by atoms with Gasteiger partial charge in [-0.05, 0) is 46.5 Å². The van der Waals surface area contributed by atoms with Gasteiger partial charge < -0.3 is 9.64 Å². The van der Waals surface area contributed by atoms with E-state index < -0.39 is 4.92 Å². The number of rotatable bonds is 5. The number of carbonyl (C=O) groups excluding carboxylic acids is 1. The summed E-state index contributed by atoms with van der Waals surface area (Å²) in [6, 6.07) is 27.7. The summed E-state index contributed by atoms with van der Waals surface area (Å²) in [6.45, 7) is 0.801. The third-order valence-electron chi connectivity index (χ3n) is 6.13. The molecular weight excluding hydrogens is 416 g/mol. The van der Waals surface area contributed by atoms with E-state index in [-0.39, 0.29) is 17.6 Å². The lowest BCUT2D eigenvalue weighted by Crippen LogP contribution is -2.47. The molecule has 0 spiro atoms. The van der Waals surface area contributed by atoms with Crippen molar-refractivity contribution in [3.8, 4) is 5.75 Å². The molecule has 1 heterocycles. The van der Waals surface area contributed by atoms with E-state index in [9.17, 15) is 14.9 Å². The highest BCUT2D eigenvalue weighted by molar-refractivity contribution is 6.07. The SMILES string of the molecule is O=C(c1cccc2ccccc12)N1Cc2ccccc2CC1COc1ccc([N+](=O)[O-])cc1. The smallest absolute Gasteiger partial charge is 0.269 e. The number of amides is 1. The molecule has 0 N–H and O–H groups in total. The first-order chi connectivity index (χ1) is 16.1. The van der Waals surface area contributed by atoms with E-state index in [1.165, 1.54) is 17.7 Å². The van der Waals surface area contributed by atoms with Gasteiger partial charge in [-0.1, -0.05) is 60.7 Å². The van der Waals surface area contributed by atoms with Crippen LogP contribution in [0.15, 0.2) is 91.0 Å². The lowest BCUT2D eigenvalue weighted by atomic mass is 9.93. The van der Waals surface area contributed by atoms with E-state index >= 15 is 0 Å². The molecule has 5 rings (SSSR count). The second-order valence-electron chi connectivity index (χ2n) is 8.15. The second-order valence-corrected chi connectivity index (χ2v) is 8.15. The zero-order chi connectivity index (χ0) is 22.8. The van der Waals surface area contributed by atoms with Gasteiger partial charge in [-0.15, -0.1) is 0 Å². The molecular formula is C27H22N2O4. The minimum Gasteiger partial charge on any atom is -0.491 e. The number of hydrogen-bond acceptors (Lipinski definition) is 4. The van der Waals surface area contributed by atoms with Crippen LogP contribution in [-0.4, -0.2) is 28.4 Å². The number of nitrogens with zero attached hydrogens (tertiary/aromatic N) is 2. The van der Waals surface area contributed by atoms with Crippen molar-refractivity contribution in [2.24, 2.45) is 0 Å². The van der Waals surface area contributed by atoms with E-state index in [1.54, 1.807) is 12.1 Å². The summed E-state index contributed by atoms with van der Waals surface area (Å²) >= 11 is 0. The van der Waals surface area contributed by atoms with Crippen LogP contribution in [0.3, 0.4) is 0 Å². The highest BCUT2D eigenvalue weighted by Gasteiger charge is 2.31. The number of fused-ring (bicyclic) bond motifs is 2. The predicted molar refractivity (Wildman–Crippen MR) is 126 cm³/mol. The molecule has 0 fully saturated rings. The van der Waals surface area contributed by atoms with Gasteiger partial charge in [0.1, 0.15) is 12.4 Å². The first-order valence-electron chi connectivity index (χ1n) is 10.8. The van der Waals surface area contributed by atoms with Crippen molar-refractivity contribution >= 4 is 22.4 Å². The zero-order valence-corrected chi connectivity index (χ0v) is 17.9. The van der Waals surface area contributed by atoms with E-state index in [4.69, 9.17) is 4.74 Å². The van der Waals surface area contributed by atoms with Gasteiger partial charge in [0.25, 0.3) is 11.6 Å². The molecule has 1 amide bonds. The first kappa shape index (κ1) is 20.7. The molecule has 1 unspecified atom stereocenters. The molecule has 0 bridgehead atoms. The van der Waals surface area contributed by atoms with Gasteiger partial charge in [0.15, 0.2) is 0 Å². The maximum atomic E-state index is 13.8. The Bertz CT molecular complexity index is 1330. The van der Waals surface area contributed by atoms with Crippen LogP contribution in [0.25, 0.3) is 10.8 Å². The van der Waals surface area contributed by atoms with Crippen molar-refractivity contribution < 1.29 is 14.5 Å². The molecule has 33 heavy (non-hydrogen) atoms. The van der Waals surface area contributed by atoms with Crippen molar-refractivity contribution in [3.63, 3.8) is 0 Å². The zero-order valence-electron chi connectivity index (χ0n) is 17.9. The number of nitro groups is 1. The third kappa shape index (κ3) is 4.15. The Labute approximate surface area is 191 Å². The second kappa shape index (κ2) is 8.74. The van der Waals surface area contributed by atoms with Gasteiger partial charge in [-0.25, -0.2) is 0 Å². The molecule has 1 aliphatic rings. The molecule has 6 heteroatoms. The summed E-state index contributed by atoms with van der Waals surface area (Å²) in [6.07, 6.45) is 0.680. The van der Waals surface area contributed by atoms with Crippen LogP contribution in [0.4, 0.5) is 5.69 Å². The molecule has 6 nitrogen and oxygen atoms in total. The minimum atomic E-state index is -0.438. The summed E-state index contributed by atoms with van der Waals surface area (Å²) in [7, 11) is 0. The molecule has 4 aromatic rings. The molecule has 0 radical (unpaired) electrons. The number of ether oxygens (including phenoxy) is 1. The normalized spacial score (nSPS) is 15.2. The fraction of sp³-hybridized carbons (Fsp3) is 0.148. The van der Waals surface area contributed by atoms with Crippen molar-refractivity contribution in [1.29, 1.82) is 0 Å². The number of nitro benzene ring substituents is 1. The van der Waals surface area contributed by atoms with Crippen LogP contribution in [0.1, 0.15) is 21.5 Å². The Morgan fingerprint density at radius 3 is 2.39 bits per heavy atom. The predicted octanol–water partition coefficient (Wildman–Crippen LogP) is 5.39. The quantitative estimate of drug-likeness (QED) is 0.309. The number of non-ortho nitro benzene ring substituents is 1. The summed E-state index contributed by atoms with van der Waals surface area (Å²) in [5.74, 6) is 0.510. The molecule has 0 saturated heterocycles. The van der Waals surface area contributed by atoms with Crippen LogP contribution in [0.2, 0.25) is 0 Å². The molecule has 164 valence electrons. The van der Waals surface area contributed by atoms with Crippen molar-refractivity contribution in [2.45, 2.75) is 19.0 Å². The Kier molecular flexibility index (Phi) is 5.48. The molecule has 1 aliphatic heterocycles. The lowest BCUT2D eigenvalue weighted by molar-refractivity contribution is -0.384. The van der Waals surface area contributed by atoms with Crippen LogP contribution in [0, 0.1) is 10.1 Å². The maximum absolute atomic E-state index is 13.8. The highest BCUT2D eigenvalue weighted by atomic mass is 16.6. The number of hydrogen-bond donors (Lipinski definition) is 0. The van der Waals surface area contributed by atoms with Gasteiger partial charge >= 0.3 is 0 Å². The molecule has 0 aromatic heterocycles. The molecule has 4 aromatic carbocycles. The molecule has 1 atom stereocenters. The summed E-state index contributed by atoms with van der Waals surface area (Å²) in [4.78, 5) is 26.1. The third-order valence-corrected chi connectivity index (χ3v) is 6.13. The Balaban J connectivity index is 1.44. The van der Waals surface area contributed by atoms with Crippen molar-refractivity contribution in [1.82, 2.24) is 4.90 Å². The Hall–Kier alpha value is -4.19. The number of benzene rings is 4. The van der Waals surface area contributed by atoms with Crippen LogP contribution in [0.5, 0.6) is 5.75 Å². The summed E-state index contributed by atoms with van der Waals surface area (Å²) < 4.78 is 5.98. The van der Waals surface area contributed by atoms with E-state index in [0.29, 0.717) is 30.9 Å². The summed E-state index contributed by atoms with van der Waals surface area (Å²) in [5, 5.41) is 12.9. The monoisotopic (exact) mass is 438 g/mol. The first-order valence-corrected chi connectivity index (χ1v) is 10.8. The van der Waals surface area contributed by atoms with Gasteiger partial charge in [0, 0.05) is 24.2 Å². The fourth-order valence-electron chi connectivity index (χ4n) is 4.40. The van der Waals surface area contributed by atoms with E-state index in [1.807, 2.05) is 59.5 Å². The van der Waals surface area contributed by atoms with Gasteiger partial charge in [-0.2, -0.15) is 0 Å². The molecule has 0 saturated carbocycles. The van der Waals surface area contributed by atoms with Crippen molar-refractivity contribution in [2.75, 3.05) is 6.61 Å². The minimum absolute atomic E-state index is 0.0155. The maximum Gasteiger partial charge on any atom is 0.269 e. The highest BCUT2D eigenvalue weighted by Crippen LogP contribution is 2.28.